The van der Waals surface area contributed by atoms with E-state index in [0.717, 1.165) is 24.7 Å². The van der Waals surface area contributed by atoms with E-state index in [1.807, 2.05) is 24.3 Å². The Balaban J connectivity index is 0.00000180. The minimum atomic E-state index is 0. The molecule has 6 heteroatoms. The molecule has 0 atom stereocenters. The molecule has 19 heavy (non-hydrogen) atoms. The number of nitrogens with one attached hydrogen (secondary N) is 1. The number of ether oxygens (including phenoxy) is 2. The number of guanidine groups is 1. The van der Waals surface area contributed by atoms with Crippen LogP contribution >= 0.6 is 24.0 Å². The number of halogens is 1. The minimum Gasteiger partial charge on any atom is -0.497 e. The van der Waals surface area contributed by atoms with Gasteiger partial charge in [0.15, 0.2) is 5.96 Å². The van der Waals surface area contributed by atoms with Gasteiger partial charge < -0.3 is 20.5 Å². The highest BCUT2D eigenvalue weighted by Gasteiger charge is 2.32. The maximum atomic E-state index is 5.83. The van der Waals surface area contributed by atoms with Crippen LogP contribution in [0, 0.1) is 5.41 Å². The second-order valence-corrected chi connectivity index (χ2v) is 4.86. The van der Waals surface area contributed by atoms with Crippen molar-refractivity contribution in [3.8, 4) is 5.75 Å². The fraction of sp³-hybridized carbons (Fsp3) is 0.462. The molecule has 5 nitrogen and oxygen atoms in total. The van der Waals surface area contributed by atoms with Gasteiger partial charge in [0.1, 0.15) is 5.75 Å². The smallest absolute Gasteiger partial charge is 0.193 e. The molecule has 1 aliphatic rings. The summed E-state index contributed by atoms with van der Waals surface area (Å²) in [6, 6.07) is 7.54. The third kappa shape index (κ3) is 4.54. The summed E-state index contributed by atoms with van der Waals surface area (Å²) in [4.78, 5) is 4.33. The van der Waals surface area contributed by atoms with Crippen molar-refractivity contribution in [2.24, 2.45) is 16.1 Å². The van der Waals surface area contributed by atoms with E-state index in [1.165, 1.54) is 0 Å². The Morgan fingerprint density at radius 2 is 2.05 bits per heavy atom. The van der Waals surface area contributed by atoms with Gasteiger partial charge in [-0.05, 0) is 24.3 Å². The van der Waals surface area contributed by atoms with Crippen molar-refractivity contribution in [2.45, 2.75) is 6.92 Å². The predicted molar refractivity (Wildman–Crippen MR) is 87.4 cm³/mol. The van der Waals surface area contributed by atoms with E-state index in [9.17, 15) is 0 Å². The molecule has 0 saturated carbocycles. The summed E-state index contributed by atoms with van der Waals surface area (Å²) < 4.78 is 10.3. The van der Waals surface area contributed by atoms with Gasteiger partial charge in [-0.15, -0.1) is 24.0 Å². The van der Waals surface area contributed by atoms with Crippen LogP contribution in [0.1, 0.15) is 6.92 Å². The van der Waals surface area contributed by atoms with Crippen LogP contribution in [0.3, 0.4) is 0 Å². The van der Waals surface area contributed by atoms with Crippen LogP contribution in [-0.4, -0.2) is 32.8 Å². The summed E-state index contributed by atoms with van der Waals surface area (Å²) in [5, 5.41) is 3.05. The molecule has 1 aliphatic heterocycles. The van der Waals surface area contributed by atoms with Gasteiger partial charge in [-0.2, -0.15) is 0 Å². The zero-order valence-corrected chi connectivity index (χ0v) is 13.5. The Kier molecular flexibility index (Phi) is 5.86. The molecule has 1 heterocycles. The number of benzene rings is 1. The molecule has 0 aliphatic carbocycles. The van der Waals surface area contributed by atoms with Crippen molar-refractivity contribution in [1.82, 2.24) is 0 Å². The number of rotatable bonds is 4. The van der Waals surface area contributed by atoms with Crippen molar-refractivity contribution < 1.29 is 9.47 Å². The zero-order chi connectivity index (χ0) is 13.0. The number of nitrogens with zero attached hydrogens (tertiary/aromatic N) is 1. The zero-order valence-electron chi connectivity index (χ0n) is 11.2. The third-order valence-corrected chi connectivity index (χ3v) is 2.89. The lowest BCUT2D eigenvalue weighted by Gasteiger charge is -2.36. The summed E-state index contributed by atoms with van der Waals surface area (Å²) in [7, 11) is 1.64. The van der Waals surface area contributed by atoms with E-state index in [4.69, 9.17) is 15.2 Å². The van der Waals surface area contributed by atoms with E-state index < -0.39 is 0 Å². The van der Waals surface area contributed by atoms with Gasteiger partial charge in [0.25, 0.3) is 0 Å². The van der Waals surface area contributed by atoms with E-state index >= 15 is 0 Å². The Morgan fingerprint density at radius 1 is 1.42 bits per heavy atom. The molecule has 1 saturated heterocycles. The number of methoxy groups -OCH3 is 1. The number of hydrogen-bond acceptors (Lipinski definition) is 3. The summed E-state index contributed by atoms with van der Waals surface area (Å²) in [5.74, 6) is 1.24. The van der Waals surface area contributed by atoms with Gasteiger partial charge in [-0.1, -0.05) is 6.92 Å². The number of anilines is 1. The van der Waals surface area contributed by atoms with Crippen LogP contribution in [-0.2, 0) is 4.74 Å². The van der Waals surface area contributed by atoms with Crippen LogP contribution < -0.4 is 15.8 Å². The van der Waals surface area contributed by atoms with Gasteiger partial charge >= 0.3 is 0 Å². The van der Waals surface area contributed by atoms with Gasteiger partial charge in [0, 0.05) is 11.1 Å². The van der Waals surface area contributed by atoms with Crippen LogP contribution in [0.25, 0.3) is 0 Å². The van der Waals surface area contributed by atoms with E-state index in [2.05, 4.69) is 17.2 Å². The Morgan fingerprint density at radius 3 is 2.53 bits per heavy atom. The quantitative estimate of drug-likeness (QED) is 0.479. The standard InChI is InChI=1S/C13H19N3O2.HI/c1-13(8-18-9-13)7-15-12(14)16-10-3-5-11(17-2)6-4-10;/h3-6H,7-9H2,1-2H3,(H3,14,15,16);1H. The first-order chi connectivity index (χ1) is 8.61. The first-order valence-corrected chi connectivity index (χ1v) is 5.90. The second kappa shape index (κ2) is 6.95. The van der Waals surface area contributed by atoms with Crippen molar-refractivity contribution in [3.05, 3.63) is 24.3 Å². The Bertz CT molecular complexity index is 430. The molecule has 1 fully saturated rings. The number of hydrogen-bond donors (Lipinski definition) is 2. The highest BCUT2D eigenvalue weighted by atomic mass is 127. The summed E-state index contributed by atoms with van der Waals surface area (Å²) in [5.41, 5.74) is 6.87. The maximum Gasteiger partial charge on any atom is 0.193 e. The summed E-state index contributed by atoms with van der Waals surface area (Å²) >= 11 is 0. The van der Waals surface area contributed by atoms with Crippen LogP contribution in [0.4, 0.5) is 5.69 Å². The van der Waals surface area contributed by atoms with Crippen molar-refractivity contribution in [1.29, 1.82) is 0 Å². The van der Waals surface area contributed by atoms with E-state index in [1.54, 1.807) is 7.11 Å². The molecule has 106 valence electrons. The highest BCUT2D eigenvalue weighted by molar-refractivity contribution is 14.0. The van der Waals surface area contributed by atoms with Gasteiger partial charge in [-0.3, -0.25) is 4.99 Å². The fourth-order valence-corrected chi connectivity index (χ4v) is 1.68. The molecular weight excluding hydrogens is 357 g/mol. The molecule has 1 aromatic carbocycles. The highest BCUT2D eigenvalue weighted by Crippen LogP contribution is 2.26. The predicted octanol–water partition coefficient (Wildman–Crippen LogP) is 2.08. The van der Waals surface area contributed by atoms with Crippen LogP contribution in [0.2, 0.25) is 0 Å². The molecular formula is C13H20IN3O2. The molecule has 2 rings (SSSR count). The average Bonchev–Trinajstić information content (AvgIpc) is 2.35. The maximum absolute atomic E-state index is 5.83. The largest absolute Gasteiger partial charge is 0.497 e. The van der Waals surface area contributed by atoms with E-state index in [0.29, 0.717) is 12.5 Å². The normalized spacial score (nSPS) is 17.1. The topological polar surface area (TPSA) is 68.9 Å². The SMILES string of the molecule is COc1ccc(NC(N)=NCC2(C)COC2)cc1.I. The molecule has 0 amide bonds. The first-order valence-electron chi connectivity index (χ1n) is 5.90. The molecule has 1 aromatic rings. The number of nitrogens with two attached hydrogens (primary N) is 1. The average molecular weight is 377 g/mol. The van der Waals surface area contributed by atoms with Gasteiger partial charge in [-0.25, -0.2) is 0 Å². The lowest BCUT2D eigenvalue weighted by Crippen LogP contribution is -2.43. The first kappa shape index (κ1) is 16.0. The Hall–Kier alpha value is -1.02. The second-order valence-electron chi connectivity index (χ2n) is 4.86. The minimum absolute atomic E-state index is 0. The van der Waals surface area contributed by atoms with Crippen molar-refractivity contribution >= 4 is 35.6 Å². The molecule has 0 unspecified atom stereocenters. The molecule has 3 N–H and O–H groups in total. The summed E-state index contributed by atoms with van der Waals surface area (Å²) in [6.45, 7) is 4.33. The van der Waals surface area contributed by atoms with Gasteiger partial charge in [0.2, 0.25) is 0 Å². The van der Waals surface area contributed by atoms with Crippen molar-refractivity contribution in [2.75, 3.05) is 32.2 Å². The monoisotopic (exact) mass is 377 g/mol. The van der Waals surface area contributed by atoms with Crippen LogP contribution in [0.5, 0.6) is 5.75 Å². The molecule has 0 radical (unpaired) electrons. The Labute approximate surface area is 130 Å². The third-order valence-electron chi connectivity index (χ3n) is 2.89. The molecule has 0 spiro atoms. The lowest BCUT2D eigenvalue weighted by molar-refractivity contribution is -0.0944. The lowest BCUT2D eigenvalue weighted by atomic mass is 9.89. The van der Waals surface area contributed by atoms with E-state index in [-0.39, 0.29) is 29.4 Å². The van der Waals surface area contributed by atoms with Gasteiger partial charge in [0.05, 0.1) is 26.9 Å². The molecule has 0 aromatic heterocycles. The van der Waals surface area contributed by atoms with Crippen molar-refractivity contribution in [3.63, 3.8) is 0 Å². The fourth-order valence-electron chi connectivity index (χ4n) is 1.68. The molecule has 0 bridgehead atoms. The van der Waals surface area contributed by atoms with Crippen LogP contribution in [0.15, 0.2) is 29.3 Å². The number of aliphatic imine (C=N–C) groups is 1. The summed E-state index contributed by atoms with van der Waals surface area (Å²) in [6.07, 6.45) is 0.